The molecule has 0 saturated heterocycles. The second-order valence-corrected chi connectivity index (χ2v) is 16.5. The molecular weight excluding hydrogens is 725 g/mol. The van der Waals surface area contributed by atoms with Crippen molar-refractivity contribution in [3.05, 3.63) is 241 Å². The second kappa shape index (κ2) is 14.1. The van der Waals surface area contributed by atoms with Crippen molar-refractivity contribution in [3.63, 3.8) is 0 Å². The van der Waals surface area contributed by atoms with E-state index in [4.69, 9.17) is 0 Å². The number of para-hydroxylation sites is 2. The van der Waals surface area contributed by atoms with Crippen molar-refractivity contribution >= 4 is 49.6 Å². The molecule has 0 fully saturated rings. The summed E-state index contributed by atoms with van der Waals surface area (Å²) in [4.78, 5) is 2.46. The molecule has 0 spiro atoms. The largest absolute Gasteiger partial charge is 0.310 e. The maximum absolute atomic E-state index is 2.46. The zero-order chi connectivity index (χ0) is 39.6. The zero-order valence-corrected chi connectivity index (χ0v) is 33.2. The predicted octanol–water partition coefficient (Wildman–Crippen LogP) is 15.1. The Balaban J connectivity index is 0.992. The van der Waals surface area contributed by atoms with Crippen molar-refractivity contribution in [2.75, 3.05) is 4.90 Å². The predicted molar refractivity (Wildman–Crippen MR) is 253 cm³/mol. The van der Waals surface area contributed by atoms with Crippen molar-refractivity contribution in [2.45, 2.75) is 12.8 Å². The minimum atomic E-state index is 0.448. The number of nitrogens with zero attached hydrogens (tertiary/aromatic N) is 2. The van der Waals surface area contributed by atoms with Gasteiger partial charge < -0.3 is 9.47 Å². The summed E-state index contributed by atoms with van der Waals surface area (Å²) < 4.78 is 2.40. The summed E-state index contributed by atoms with van der Waals surface area (Å²) in [5.74, 6) is 0.898. The normalized spacial score (nSPS) is 16.6. The van der Waals surface area contributed by atoms with Crippen molar-refractivity contribution in [2.24, 2.45) is 11.8 Å². The number of aromatic nitrogens is 1. The molecule has 60 heavy (non-hydrogen) atoms. The van der Waals surface area contributed by atoms with Crippen molar-refractivity contribution in [1.29, 1.82) is 0 Å². The molecule has 284 valence electrons. The highest BCUT2D eigenvalue weighted by Crippen LogP contribution is 2.47. The van der Waals surface area contributed by atoms with E-state index in [1.807, 2.05) is 0 Å². The monoisotopic (exact) mass is 766 g/mol. The van der Waals surface area contributed by atoms with Crippen LogP contribution in [0.3, 0.4) is 0 Å². The van der Waals surface area contributed by atoms with Crippen LogP contribution in [0.15, 0.2) is 230 Å². The van der Waals surface area contributed by atoms with Crippen LogP contribution < -0.4 is 4.90 Å². The maximum Gasteiger partial charge on any atom is 0.0547 e. The van der Waals surface area contributed by atoms with Gasteiger partial charge in [0.1, 0.15) is 0 Å². The molecule has 0 amide bonds. The molecule has 8 aromatic carbocycles. The van der Waals surface area contributed by atoms with Crippen molar-refractivity contribution in [1.82, 2.24) is 4.57 Å². The number of allylic oxidation sites excluding steroid dienone is 8. The molecule has 2 nitrogen and oxygen atoms in total. The van der Waals surface area contributed by atoms with E-state index in [2.05, 4.69) is 228 Å². The van der Waals surface area contributed by atoms with Gasteiger partial charge in [-0.05, 0) is 118 Å². The number of hydrogen-bond acceptors (Lipinski definition) is 1. The van der Waals surface area contributed by atoms with E-state index in [1.54, 1.807) is 0 Å². The summed E-state index contributed by atoms with van der Waals surface area (Å²) in [5, 5.41) is 5.22. The highest BCUT2D eigenvalue weighted by Gasteiger charge is 2.32. The highest BCUT2D eigenvalue weighted by molar-refractivity contribution is 6.10. The minimum absolute atomic E-state index is 0.448. The van der Waals surface area contributed by atoms with Crippen LogP contribution in [-0.2, 0) is 12.8 Å². The van der Waals surface area contributed by atoms with Gasteiger partial charge in [0.2, 0.25) is 0 Å². The third kappa shape index (κ3) is 5.71. The summed E-state index contributed by atoms with van der Waals surface area (Å²) in [6.07, 6.45) is 15.9. The fourth-order valence-electron chi connectivity index (χ4n) is 10.4. The lowest BCUT2D eigenvalue weighted by Gasteiger charge is -2.35. The Hall–Kier alpha value is -7.42. The molecule has 12 rings (SSSR count). The molecule has 2 heteroatoms. The average Bonchev–Trinajstić information content (AvgIpc) is 3.64. The van der Waals surface area contributed by atoms with E-state index >= 15 is 0 Å². The zero-order valence-electron chi connectivity index (χ0n) is 33.2. The van der Waals surface area contributed by atoms with Crippen LogP contribution in [0.2, 0.25) is 0 Å². The van der Waals surface area contributed by atoms with Crippen LogP contribution in [0.25, 0.3) is 60.5 Å². The minimum Gasteiger partial charge on any atom is -0.310 e. The molecule has 1 heterocycles. The molecule has 0 bridgehead atoms. The Bertz CT molecular complexity index is 3230. The number of fused-ring (bicyclic) bond motifs is 3. The molecule has 3 aliphatic rings. The van der Waals surface area contributed by atoms with Crippen LogP contribution in [0, 0.1) is 11.8 Å². The third-order valence-electron chi connectivity index (χ3n) is 13.1. The Labute approximate surface area is 351 Å². The van der Waals surface area contributed by atoms with Crippen LogP contribution in [0.1, 0.15) is 11.1 Å². The molecule has 2 unspecified atom stereocenters. The fourth-order valence-corrected chi connectivity index (χ4v) is 10.4. The SMILES string of the molecule is C1=CC2=CC=CC3Cc4cccc5c(N(c6ccc(-c7ccccc7)cc6)c6ccc(-c7ccc8c9ccccc9n(-c9ccccc9)c8c7)cc6)ccc(c45)CC(=C1)C23. The van der Waals surface area contributed by atoms with Crippen LogP contribution in [-0.4, -0.2) is 4.57 Å². The van der Waals surface area contributed by atoms with Crippen LogP contribution in [0.5, 0.6) is 0 Å². The lowest BCUT2D eigenvalue weighted by atomic mass is 9.69. The van der Waals surface area contributed by atoms with Gasteiger partial charge in [-0.25, -0.2) is 0 Å². The lowest BCUT2D eigenvalue weighted by molar-refractivity contribution is 0.497. The van der Waals surface area contributed by atoms with E-state index in [-0.39, 0.29) is 0 Å². The first-order chi connectivity index (χ1) is 29.7. The Morgan fingerprint density at radius 3 is 1.95 bits per heavy atom. The maximum atomic E-state index is 2.46. The van der Waals surface area contributed by atoms with Gasteiger partial charge >= 0.3 is 0 Å². The standard InChI is InChI=1S/C58H42N2/c1-3-12-39(13-4-1)40-24-30-49(31-25-40)59(55-35-29-47-37-45-17-10-15-42-14-9-16-44(57(42)45)36-46-18-11-22-53(55)58(46)47)50-32-26-41(27-33-50)43-28-34-52-51-21-7-8-23-54(51)60(56(52)38-43)48-19-5-2-6-20-48/h1-35,38,44,57H,36-37H2. The summed E-state index contributed by atoms with van der Waals surface area (Å²) in [6, 6.07) is 67.1. The summed E-state index contributed by atoms with van der Waals surface area (Å²) in [6.45, 7) is 0. The van der Waals surface area contributed by atoms with E-state index in [0.29, 0.717) is 11.8 Å². The summed E-state index contributed by atoms with van der Waals surface area (Å²) in [7, 11) is 0. The van der Waals surface area contributed by atoms with Crippen LogP contribution >= 0.6 is 0 Å². The van der Waals surface area contributed by atoms with E-state index < -0.39 is 0 Å². The van der Waals surface area contributed by atoms with Crippen molar-refractivity contribution in [3.8, 4) is 27.9 Å². The quantitative estimate of drug-likeness (QED) is 0.164. The number of hydrogen-bond donors (Lipinski definition) is 0. The molecule has 0 saturated carbocycles. The average molecular weight is 767 g/mol. The molecular formula is C58H42N2. The first kappa shape index (κ1) is 34.6. The molecule has 3 aliphatic carbocycles. The fraction of sp³-hybridized carbons (Fsp3) is 0.0690. The van der Waals surface area contributed by atoms with Gasteiger partial charge in [-0.3, -0.25) is 0 Å². The van der Waals surface area contributed by atoms with Gasteiger partial charge in [0.25, 0.3) is 0 Å². The Kier molecular flexibility index (Phi) is 8.16. The van der Waals surface area contributed by atoms with Gasteiger partial charge in [-0.1, -0.05) is 169 Å². The van der Waals surface area contributed by atoms with Gasteiger partial charge in [-0.15, -0.1) is 0 Å². The molecule has 0 aliphatic heterocycles. The van der Waals surface area contributed by atoms with Crippen LogP contribution in [0.4, 0.5) is 17.1 Å². The first-order valence-corrected chi connectivity index (χ1v) is 21.2. The summed E-state index contributed by atoms with van der Waals surface area (Å²) in [5.41, 5.74) is 17.7. The van der Waals surface area contributed by atoms with Gasteiger partial charge in [0.05, 0.1) is 16.7 Å². The first-order valence-electron chi connectivity index (χ1n) is 21.2. The molecule has 0 radical (unpaired) electrons. The third-order valence-corrected chi connectivity index (χ3v) is 13.1. The lowest BCUT2D eigenvalue weighted by Crippen LogP contribution is -2.25. The van der Waals surface area contributed by atoms with Gasteiger partial charge in [0, 0.05) is 39.1 Å². The molecule has 0 N–H and O–H groups in total. The number of anilines is 3. The van der Waals surface area contributed by atoms with Gasteiger partial charge in [0.15, 0.2) is 0 Å². The number of benzene rings is 8. The molecule has 1 aromatic heterocycles. The van der Waals surface area contributed by atoms with Crippen molar-refractivity contribution < 1.29 is 0 Å². The summed E-state index contributed by atoms with van der Waals surface area (Å²) >= 11 is 0. The second-order valence-electron chi connectivity index (χ2n) is 16.5. The highest BCUT2D eigenvalue weighted by atomic mass is 15.1. The molecule has 2 atom stereocenters. The Morgan fingerprint density at radius 2 is 1.15 bits per heavy atom. The van der Waals surface area contributed by atoms with E-state index in [1.165, 1.54) is 88.5 Å². The molecule has 9 aromatic rings. The van der Waals surface area contributed by atoms with E-state index in [0.717, 1.165) is 24.2 Å². The Morgan fingerprint density at radius 1 is 0.483 bits per heavy atom. The van der Waals surface area contributed by atoms with Gasteiger partial charge in [-0.2, -0.15) is 0 Å². The van der Waals surface area contributed by atoms with E-state index in [9.17, 15) is 0 Å². The number of rotatable bonds is 6. The topological polar surface area (TPSA) is 8.17 Å². The smallest absolute Gasteiger partial charge is 0.0547 e.